The summed E-state index contributed by atoms with van der Waals surface area (Å²) in [4.78, 5) is 18.2. The van der Waals surface area contributed by atoms with Gasteiger partial charge in [-0.3, -0.25) is 9.79 Å². The summed E-state index contributed by atoms with van der Waals surface area (Å²) in [5, 5.41) is 6.34. The van der Waals surface area contributed by atoms with Crippen molar-refractivity contribution >= 4 is 35.8 Å². The smallest absolute Gasteiger partial charge is 0.221 e. The first-order valence-electron chi connectivity index (χ1n) is 7.04. The van der Waals surface area contributed by atoms with Gasteiger partial charge in [0.1, 0.15) is 0 Å². The van der Waals surface area contributed by atoms with Crippen LogP contribution in [0.25, 0.3) is 0 Å². The molecule has 0 aromatic carbocycles. The van der Waals surface area contributed by atoms with E-state index in [1.807, 2.05) is 7.05 Å². The largest absolute Gasteiger partial charge is 0.356 e. The van der Waals surface area contributed by atoms with E-state index in [0.29, 0.717) is 19.0 Å². The molecule has 1 fully saturated rings. The number of nitrogens with one attached hydrogen (secondary N) is 2. The number of halogens is 1. The summed E-state index contributed by atoms with van der Waals surface area (Å²) in [6, 6.07) is 0.415. The minimum Gasteiger partial charge on any atom is -0.356 e. The van der Waals surface area contributed by atoms with Gasteiger partial charge in [-0.15, -0.1) is 24.0 Å². The molecule has 1 amide bonds. The van der Waals surface area contributed by atoms with Gasteiger partial charge >= 0.3 is 0 Å². The van der Waals surface area contributed by atoms with E-state index in [9.17, 15) is 4.79 Å². The average Bonchev–Trinajstić information content (AvgIpc) is 2.76. The monoisotopic (exact) mass is 380 g/mol. The molecule has 0 spiro atoms. The van der Waals surface area contributed by atoms with E-state index in [-0.39, 0.29) is 29.9 Å². The molecule has 1 aliphatic carbocycles. The van der Waals surface area contributed by atoms with Crippen LogP contribution in [0, 0.1) is 0 Å². The number of carbonyl (C=O) groups excluding carboxylic acids is 1. The second-order valence-corrected chi connectivity index (χ2v) is 5.21. The van der Waals surface area contributed by atoms with Crippen molar-refractivity contribution in [3.05, 3.63) is 0 Å². The molecule has 2 N–H and O–H groups in total. The van der Waals surface area contributed by atoms with Crippen molar-refractivity contribution in [2.24, 2.45) is 4.99 Å². The van der Waals surface area contributed by atoms with Gasteiger partial charge < -0.3 is 15.5 Å². The number of carbonyl (C=O) groups is 1. The van der Waals surface area contributed by atoms with Crippen LogP contribution in [0.4, 0.5) is 0 Å². The third-order valence-corrected chi connectivity index (χ3v) is 3.66. The number of rotatable bonds is 4. The molecule has 0 atom stereocenters. The summed E-state index contributed by atoms with van der Waals surface area (Å²) in [6.07, 6.45) is 6.66. The predicted octanol–water partition coefficient (Wildman–Crippen LogP) is 1.33. The summed E-state index contributed by atoms with van der Waals surface area (Å²) in [7, 11) is 2.01. The van der Waals surface area contributed by atoms with Crippen LogP contribution in [0.2, 0.25) is 0 Å². The Labute approximate surface area is 132 Å². The number of likely N-dealkylation sites (N-methyl/N-ethyl adjacent to an activating group) is 1. The molecule has 0 bridgehead atoms. The molecule has 0 unspecified atom stereocenters. The zero-order chi connectivity index (χ0) is 12.8. The molecule has 5 nitrogen and oxygen atoms in total. The third kappa shape index (κ3) is 5.54. The van der Waals surface area contributed by atoms with Crippen LogP contribution in [-0.2, 0) is 4.79 Å². The Kier molecular flexibility index (Phi) is 7.48. The van der Waals surface area contributed by atoms with Crippen LogP contribution in [0.3, 0.4) is 0 Å². The minimum atomic E-state index is 0. The molecule has 0 aromatic rings. The lowest BCUT2D eigenvalue weighted by Crippen LogP contribution is -2.40. The zero-order valence-electron chi connectivity index (χ0n) is 11.7. The zero-order valence-corrected chi connectivity index (χ0v) is 14.0. The standard InChI is InChI=1S/C13H24N4O.HI/c1-17-10-9-15-13(17)14-8-7-12(18)16-11-5-3-2-4-6-11;/h11H,2-10H2,1H3,(H,14,15)(H,16,18);1H. The normalized spacial score (nSPS) is 19.6. The Hall–Kier alpha value is -0.530. The van der Waals surface area contributed by atoms with Gasteiger partial charge in [-0.2, -0.15) is 0 Å². The SMILES string of the molecule is CN1CCN=C1NCCC(=O)NC1CCCCC1.I. The molecular formula is C13H25IN4O. The molecule has 1 saturated carbocycles. The average molecular weight is 380 g/mol. The van der Waals surface area contributed by atoms with Crippen molar-refractivity contribution in [3.63, 3.8) is 0 Å². The Balaban J connectivity index is 0.00000180. The lowest BCUT2D eigenvalue weighted by molar-refractivity contribution is -0.121. The molecule has 1 heterocycles. The highest BCUT2D eigenvalue weighted by Crippen LogP contribution is 2.17. The second-order valence-electron chi connectivity index (χ2n) is 5.21. The maximum Gasteiger partial charge on any atom is 0.221 e. The van der Waals surface area contributed by atoms with Gasteiger partial charge in [0.2, 0.25) is 5.91 Å². The maximum absolute atomic E-state index is 11.8. The molecule has 110 valence electrons. The van der Waals surface area contributed by atoms with Crippen molar-refractivity contribution in [2.75, 3.05) is 26.7 Å². The van der Waals surface area contributed by atoms with Crippen LogP contribution in [0.15, 0.2) is 4.99 Å². The Bertz CT molecular complexity index is 316. The third-order valence-electron chi connectivity index (χ3n) is 3.66. The van der Waals surface area contributed by atoms with Gasteiger partial charge in [-0.1, -0.05) is 19.3 Å². The van der Waals surface area contributed by atoms with E-state index in [1.165, 1.54) is 19.3 Å². The molecule has 19 heavy (non-hydrogen) atoms. The first kappa shape index (κ1) is 16.5. The lowest BCUT2D eigenvalue weighted by Gasteiger charge is -2.23. The molecule has 0 aromatic heterocycles. The van der Waals surface area contributed by atoms with E-state index in [4.69, 9.17) is 0 Å². The number of guanidine groups is 1. The summed E-state index contributed by atoms with van der Waals surface area (Å²) in [5.41, 5.74) is 0. The van der Waals surface area contributed by atoms with E-state index in [1.54, 1.807) is 0 Å². The quantitative estimate of drug-likeness (QED) is 0.724. The van der Waals surface area contributed by atoms with E-state index >= 15 is 0 Å². The first-order valence-corrected chi connectivity index (χ1v) is 7.04. The number of amides is 1. The van der Waals surface area contributed by atoms with Crippen LogP contribution in [0.1, 0.15) is 38.5 Å². The van der Waals surface area contributed by atoms with Gasteiger partial charge in [-0.05, 0) is 12.8 Å². The minimum absolute atomic E-state index is 0. The van der Waals surface area contributed by atoms with E-state index < -0.39 is 0 Å². The number of hydrogen-bond donors (Lipinski definition) is 2. The van der Waals surface area contributed by atoms with Crippen molar-refractivity contribution in [2.45, 2.75) is 44.6 Å². The van der Waals surface area contributed by atoms with Crippen LogP contribution < -0.4 is 10.6 Å². The van der Waals surface area contributed by atoms with Crippen molar-refractivity contribution < 1.29 is 4.79 Å². The summed E-state index contributed by atoms with van der Waals surface area (Å²) < 4.78 is 0. The predicted molar refractivity (Wildman–Crippen MR) is 88.0 cm³/mol. The Morgan fingerprint density at radius 3 is 2.74 bits per heavy atom. The van der Waals surface area contributed by atoms with Gasteiger partial charge in [0.05, 0.1) is 6.54 Å². The van der Waals surface area contributed by atoms with Gasteiger partial charge in [-0.25, -0.2) is 0 Å². The number of aliphatic imine (C=N–C) groups is 1. The highest BCUT2D eigenvalue weighted by atomic mass is 127. The van der Waals surface area contributed by atoms with Gasteiger partial charge in [0, 0.05) is 32.6 Å². The van der Waals surface area contributed by atoms with Crippen molar-refractivity contribution in [3.8, 4) is 0 Å². The van der Waals surface area contributed by atoms with E-state index in [0.717, 1.165) is 31.9 Å². The van der Waals surface area contributed by atoms with E-state index in [2.05, 4.69) is 20.5 Å². The molecule has 2 aliphatic rings. The molecular weight excluding hydrogens is 355 g/mol. The topological polar surface area (TPSA) is 56.7 Å². The first-order chi connectivity index (χ1) is 8.75. The molecule has 0 saturated heterocycles. The number of hydrogen-bond acceptors (Lipinski definition) is 4. The molecule has 0 radical (unpaired) electrons. The molecule has 2 rings (SSSR count). The number of nitrogens with zero attached hydrogens (tertiary/aromatic N) is 2. The van der Waals surface area contributed by atoms with Crippen molar-refractivity contribution in [1.29, 1.82) is 0 Å². The molecule has 1 aliphatic heterocycles. The van der Waals surface area contributed by atoms with Crippen molar-refractivity contribution in [1.82, 2.24) is 15.5 Å². The lowest BCUT2D eigenvalue weighted by atomic mass is 9.95. The summed E-state index contributed by atoms with van der Waals surface area (Å²) in [5.74, 6) is 1.08. The van der Waals surface area contributed by atoms with Gasteiger partial charge in [0.15, 0.2) is 5.96 Å². The maximum atomic E-state index is 11.8. The fourth-order valence-electron chi connectivity index (χ4n) is 2.56. The van der Waals surface area contributed by atoms with Crippen LogP contribution >= 0.6 is 24.0 Å². The second kappa shape index (κ2) is 8.60. The summed E-state index contributed by atoms with van der Waals surface area (Å²) >= 11 is 0. The highest BCUT2D eigenvalue weighted by molar-refractivity contribution is 14.0. The Morgan fingerprint density at radius 2 is 2.11 bits per heavy atom. The molecule has 6 heteroatoms. The van der Waals surface area contributed by atoms with Gasteiger partial charge in [0.25, 0.3) is 0 Å². The fraction of sp³-hybridized carbons (Fsp3) is 0.846. The van der Waals surface area contributed by atoms with Crippen LogP contribution in [0.5, 0.6) is 0 Å². The summed E-state index contributed by atoms with van der Waals surface area (Å²) in [6.45, 7) is 2.49. The fourth-order valence-corrected chi connectivity index (χ4v) is 2.56. The Morgan fingerprint density at radius 1 is 1.37 bits per heavy atom. The highest BCUT2D eigenvalue weighted by Gasteiger charge is 2.16. The van der Waals surface area contributed by atoms with Crippen LogP contribution in [-0.4, -0.2) is 49.5 Å².